The fourth-order valence-electron chi connectivity index (χ4n) is 1.82. The molecule has 94 valence electrons. The molecule has 0 aliphatic heterocycles. The van der Waals surface area contributed by atoms with Crippen LogP contribution < -0.4 is 10.1 Å². The van der Waals surface area contributed by atoms with E-state index in [0.717, 1.165) is 29.3 Å². The van der Waals surface area contributed by atoms with Gasteiger partial charge in [-0.05, 0) is 65.9 Å². The topological polar surface area (TPSA) is 21.3 Å². The van der Waals surface area contributed by atoms with Gasteiger partial charge in [-0.15, -0.1) is 0 Å². The molecular formula is C14H20BrNO. The molecule has 0 amide bonds. The second-order valence-electron chi connectivity index (χ2n) is 4.72. The number of benzene rings is 1. The van der Waals surface area contributed by atoms with E-state index in [1.165, 1.54) is 18.4 Å². The maximum absolute atomic E-state index is 5.79. The highest BCUT2D eigenvalue weighted by atomic mass is 79.9. The standard InChI is InChI=1S/C14H20BrNO/c1-3-16-10(2)12-6-7-14(13(15)8-12)17-9-11-4-5-11/h6-8,10-11,16H,3-5,9H2,1-2H3. The van der Waals surface area contributed by atoms with E-state index in [0.29, 0.717) is 6.04 Å². The summed E-state index contributed by atoms with van der Waals surface area (Å²) in [5.41, 5.74) is 1.29. The Hall–Kier alpha value is -0.540. The van der Waals surface area contributed by atoms with Crippen molar-refractivity contribution in [3.63, 3.8) is 0 Å². The zero-order valence-electron chi connectivity index (χ0n) is 10.5. The Morgan fingerprint density at radius 2 is 2.24 bits per heavy atom. The van der Waals surface area contributed by atoms with Gasteiger partial charge in [0.1, 0.15) is 5.75 Å². The maximum atomic E-state index is 5.79. The second-order valence-corrected chi connectivity index (χ2v) is 5.58. The third-order valence-corrected chi connectivity index (χ3v) is 3.76. The molecule has 0 spiro atoms. The van der Waals surface area contributed by atoms with E-state index in [1.807, 2.05) is 0 Å². The van der Waals surface area contributed by atoms with Crippen LogP contribution in [0.25, 0.3) is 0 Å². The van der Waals surface area contributed by atoms with Gasteiger partial charge in [-0.3, -0.25) is 0 Å². The Labute approximate surface area is 112 Å². The molecule has 2 rings (SSSR count). The van der Waals surface area contributed by atoms with E-state index in [1.54, 1.807) is 0 Å². The summed E-state index contributed by atoms with van der Waals surface area (Å²) < 4.78 is 6.84. The average molecular weight is 298 g/mol. The van der Waals surface area contributed by atoms with Crippen molar-refractivity contribution in [2.45, 2.75) is 32.7 Å². The largest absolute Gasteiger partial charge is 0.492 e. The summed E-state index contributed by atoms with van der Waals surface area (Å²) in [5, 5.41) is 3.41. The van der Waals surface area contributed by atoms with Crippen LogP contribution in [-0.2, 0) is 0 Å². The number of hydrogen-bond acceptors (Lipinski definition) is 2. The second kappa shape index (κ2) is 5.87. The zero-order valence-corrected chi connectivity index (χ0v) is 12.1. The molecule has 0 radical (unpaired) electrons. The third kappa shape index (κ3) is 3.71. The first-order valence-electron chi connectivity index (χ1n) is 6.36. The van der Waals surface area contributed by atoms with Crippen molar-refractivity contribution in [2.75, 3.05) is 13.2 Å². The Morgan fingerprint density at radius 1 is 1.47 bits per heavy atom. The molecule has 1 aliphatic rings. The first-order valence-corrected chi connectivity index (χ1v) is 7.15. The molecule has 1 aromatic carbocycles. The van der Waals surface area contributed by atoms with E-state index >= 15 is 0 Å². The number of ether oxygens (including phenoxy) is 1. The number of nitrogens with one attached hydrogen (secondary N) is 1. The molecule has 1 saturated carbocycles. The predicted octanol–water partition coefficient (Wildman–Crippen LogP) is 3.91. The summed E-state index contributed by atoms with van der Waals surface area (Å²) in [7, 11) is 0. The fourth-order valence-corrected chi connectivity index (χ4v) is 2.33. The summed E-state index contributed by atoms with van der Waals surface area (Å²) >= 11 is 3.58. The summed E-state index contributed by atoms with van der Waals surface area (Å²) in [6.07, 6.45) is 2.65. The maximum Gasteiger partial charge on any atom is 0.133 e. The lowest BCUT2D eigenvalue weighted by Crippen LogP contribution is -2.17. The highest BCUT2D eigenvalue weighted by molar-refractivity contribution is 9.10. The van der Waals surface area contributed by atoms with E-state index in [2.05, 4.69) is 53.3 Å². The molecule has 1 N–H and O–H groups in total. The lowest BCUT2D eigenvalue weighted by molar-refractivity contribution is 0.298. The minimum Gasteiger partial charge on any atom is -0.492 e. The monoisotopic (exact) mass is 297 g/mol. The van der Waals surface area contributed by atoms with Gasteiger partial charge in [0, 0.05) is 6.04 Å². The first kappa shape index (κ1) is 12.9. The highest BCUT2D eigenvalue weighted by Gasteiger charge is 2.22. The summed E-state index contributed by atoms with van der Waals surface area (Å²) in [6.45, 7) is 6.15. The van der Waals surface area contributed by atoms with Gasteiger partial charge in [-0.25, -0.2) is 0 Å². The predicted molar refractivity (Wildman–Crippen MR) is 74.5 cm³/mol. The van der Waals surface area contributed by atoms with Gasteiger partial charge < -0.3 is 10.1 Å². The van der Waals surface area contributed by atoms with Crippen LogP contribution in [0.2, 0.25) is 0 Å². The average Bonchev–Trinajstić information content (AvgIpc) is 3.11. The van der Waals surface area contributed by atoms with Crippen molar-refractivity contribution in [3.05, 3.63) is 28.2 Å². The number of hydrogen-bond donors (Lipinski definition) is 1. The summed E-state index contributed by atoms with van der Waals surface area (Å²) in [5.74, 6) is 1.76. The molecule has 1 unspecified atom stereocenters. The van der Waals surface area contributed by atoms with Gasteiger partial charge in [0.25, 0.3) is 0 Å². The molecule has 17 heavy (non-hydrogen) atoms. The SMILES string of the molecule is CCNC(C)c1ccc(OCC2CC2)c(Br)c1. The molecule has 1 fully saturated rings. The molecule has 0 saturated heterocycles. The van der Waals surface area contributed by atoms with Crippen LogP contribution in [0.1, 0.15) is 38.3 Å². The lowest BCUT2D eigenvalue weighted by Gasteiger charge is -2.15. The van der Waals surface area contributed by atoms with Gasteiger partial charge in [-0.1, -0.05) is 13.0 Å². The minimum atomic E-state index is 0.383. The van der Waals surface area contributed by atoms with Gasteiger partial charge >= 0.3 is 0 Å². The van der Waals surface area contributed by atoms with E-state index in [-0.39, 0.29) is 0 Å². The molecule has 3 heteroatoms. The van der Waals surface area contributed by atoms with Gasteiger partial charge in [0.05, 0.1) is 11.1 Å². The van der Waals surface area contributed by atoms with Crippen LogP contribution >= 0.6 is 15.9 Å². The smallest absolute Gasteiger partial charge is 0.133 e. The minimum absolute atomic E-state index is 0.383. The Balaban J connectivity index is 1.99. The normalized spacial score (nSPS) is 16.9. The zero-order chi connectivity index (χ0) is 12.3. The van der Waals surface area contributed by atoms with Crippen molar-refractivity contribution < 1.29 is 4.74 Å². The highest BCUT2D eigenvalue weighted by Crippen LogP contribution is 2.32. The van der Waals surface area contributed by atoms with Crippen molar-refractivity contribution in [3.8, 4) is 5.75 Å². The van der Waals surface area contributed by atoms with Crippen LogP contribution in [0.15, 0.2) is 22.7 Å². The van der Waals surface area contributed by atoms with Crippen molar-refractivity contribution in [1.82, 2.24) is 5.32 Å². The van der Waals surface area contributed by atoms with Crippen molar-refractivity contribution in [2.24, 2.45) is 5.92 Å². The van der Waals surface area contributed by atoms with Gasteiger partial charge in [0.15, 0.2) is 0 Å². The molecule has 1 atom stereocenters. The van der Waals surface area contributed by atoms with Crippen LogP contribution in [0.5, 0.6) is 5.75 Å². The quantitative estimate of drug-likeness (QED) is 0.860. The molecule has 1 aliphatic carbocycles. The van der Waals surface area contributed by atoms with Gasteiger partial charge in [0.2, 0.25) is 0 Å². The van der Waals surface area contributed by atoms with Crippen LogP contribution in [-0.4, -0.2) is 13.2 Å². The fraction of sp³-hybridized carbons (Fsp3) is 0.571. The molecular weight excluding hydrogens is 278 g/mol. The number of rotatable bonds is 6. The van der Waals surface area contributed by atoms with Crippen LogP contribution in [0.3, 0.4) is 0 Å². The third-order valence-electron chi connectivity index (χ3n) is 3.14. The van der Waals surface area contributed by atoms with Crippen LogP contribution in [0.4, 0.5) is 0 Å². The van der Waals surface area contributed by atoms with E-state index in [9.17, 15) is 0 Å². The Morgan fingerprint density at radius 3 is 2.82 bits per heavy atom. The van der Waals surface area contributed by atoms with Crippen molar-refractivity contribution in [1.29, 1.82) is 0 Å². The Kier molecular flexibility index (Phi) is 4.46. The van der Waals surface area contributed by atoms with E-state index in [4.69, 9.17) is 4.74 Å². The molecule has 2 nitrogen and oxygen atoms in total. The van der Waals surface area contributed by atoms with Crippen molar-refractivity contribution >= 4 is 15.9 Å². The Bertz CT molecular complexity index is 376. The first-order chi connectivity index (χ1) is 8.20. The number of halogens is 1. The summed E-state index contributed by atoms with van der Waals surface area (Å²) in [6, 6.07) is 6.74. The van der Waals surface area contributed by atoms with Crippen LogP contribution in [0, 0.1) is 5.92 Å². The lowest BCUT2D eigenvalue weighted by atomic mass is 10.1. The van der Waals surface area contributed by atoms with Gasteiger partial charge in [-0.2, -0.15) is 0 Å². The molecule has 0 heterocycles. The summed E-state index contributed by atoms with van der Waals surface area (Å²) in [4.78, 5) is 0. The molecule has 0 aromatic heterocycles. The molecule has 0 bridgehead atoms. The molecule has 1 aromatic rings. The van der Waals surface area contributed by atoms with E-state index < -0.39 is 0 Å².